The number of nitrogens with zero attached hydrogens (tertiary/aromatic N) is 3. The number of nitrogens with one attached hydrogen (secondary N) is 1. The van der Waals surface area contributed by atoms with Gasteiger partial charge >= 0.3 is 5.97 Å². The quantitative estimate of drug-likeness (QED) is 0.210. The Morgan fingerprint density at radius 2 is 2.05 bits per heavy atom. The van der Waals surface area contributed by atoms with Crippen LogP contribution in [0.5, 0.6) is 0 Å². The molecule has 0 heterocycles. The monoisotopic (exact) mass is 302 g/mol. The van der Waals surface area contributed by atoms with Crippen LogP contribution in [0.2, 0.25) is 0 Å². The van der Waals surface area contributed by atoms with Crippen molar-refractivity contribution >= 4 is 5.97 Å². The fourth-order valence-corrected chi connectivity index (χ4v) is 1.61. The Hall–Kier alpha value is -2.25. The molecule has 6 nitrogen and oxygen atoms in total. The number of carbonyl (C=O) groups is 1. The molecular formula is C12H13F3N4O2. The Kier molecular flexibility index (Phi) is 6.51. The van der Waals surface area contributed by atoms with Crippen LogP contribution in [0.3, 0.4) is 0 Å². The summed E-state index contributed by atoms with van der Waals surface area (Å²) in [6.07, 6.45) is 0. The molecule has 21 heavy (non-hydrogen) atoms. The van der Waals surface area contributed by atoms with Gasteiger partial charge in [-0.2, -0.15) is 0 Å². The van der Waals surface area contributed by atoms with Gasteiger partial charge in [0.2, 0.25) is 0 Å². The highest BCUT2D eigenvalue weighted by Crippen LogP contribution is 2.20. The Balaban J connectivity index is 2.99. The maximum atomic E-state index is 13.2. The van der Waals surface area contributed by atoms with Crippen LogP contribution in [0.25, 0.3) is 10.4 Å². The van der Waals surface area contributed by atoms with Crippen LogP contribution in [0.4, 0.5) is 13.2 Å². The Morgan fingerprint density at radius 1 is 1.43 bits per heavy atom. The smallest absolute Gasteiger partial charge is 0.327 e. The summed E-state index contributed by atoms with van der Waals surface area (Å²) in [7, 11) is 0. The van der Waals surface area contributed by atoms with Crippen molar-refractivity contribution in [3.63, 3.8) is 0 Å². The van der Waals surface area contributed by atoms with Gasteiger partial charge in [0, 0.05) is 18.0 Å². The lowest BCUT2D eigenvalue weighted by atomic mass is 10.1. The number of azide groups is 1. The fourth-order valence-electron chi connectivity index (χ4n) is 1.61. The molecule has 0 aliphatic rings. The molecule has 1 aromatic rings. The highest BCUT2D eigenvalue weighted by atomic mass is 19.2. The molecule has 0 saturated heterocycles. The summed E-state index contributed by atoms with van der Waals surface area (Å²) in [6.45, 7) is 1.74. The summed E-state index contributed by atoms with van der Waals surface area (Å²) >= 11 is 0. The van der Waals surface area contributed by atoms with Crippen LogP contribution < -0.4 is 5.32 Å². The molecule has 9 heteroatoms. The van der Waals surface area contributed by atoms with Gasteiger partial charge in [-0.1, -0.05) is 5.11 Å². The number of esters is 1. The molecule has 0 spiro atoms. The summed E-state index contributed by atoms with van der Waals surface area (Å²) in [5.41, 5.74) is 8.02. The molecule has 1 N–H and O–H groups in total. The van der Waals surface area contributed by atoms with Gasteiger partial charge < -0.3 is 10.1 Å². The number of carbonyl (C=O) groups excluding carboxylic acids is 1. The first-order valence-electron chi connectivity index (χ1n) is 6.06. The summed E-state index contributed by atoms with van der Waals surface area (Å²) in [5, 5.41) is 5.88. The van der Waals surface area contributed by atoms with E-state index in [1.807, 2.05) is 0 Å². The molecule has 0 aromatic heterocycles. The lowest BCUT2D eigenvalue weighted by Crippen LogP contribution is -2.32. The van der Waals surface area contributed by atoms with Crippen LogP contribution >= 0.6 is 0 Å². The van der Waals surface area contributed by atoms with Crippen molar-refractivity contribution in [1.29, 1.82) is 0 Å². The van der Waals surface area contributed by atoms with E-state index in [2.05, 4.69) is 15.3 Å². The molecule has 0 amide bonds. The topological polar surface area (TPSA) is 87.1 Å². The van der Waals surface area contributed by atoms with Gasteiger partial charge in [-0.25, -0.2) is 18.0 Å². The number of hydrogen-bond donors (Lipinski definition) is 1. The predicted octanol–water partition coefficient (Wildman–Crippen LogP) is 2.61. The zero-order valence-electron chi connectivity index (χ0n) is 11.1. The van der Waals surface area contributed by atoms with Gasteiger partial charge in [0.15, 0.2) is 17.5 Å². The minimum Gasteiger partial charge on any atom is -0.465 e. The molecule has 0 saturated carbocycles. The summed E-state index contributed by atoms with van der Waals surface area (Å²) in [4.78, 5) is 14.3. The highest BCUT2D eigenvalue weighted by Gasteiger charge is 2.24. The van der Waals surface area contributed by atoms with Crippen LogP contribution in [0.1, 0.15) is 18.5 Å². The molecule has 0 aliphatic heterocycles. The molecule has 0 bridgehead atoms. The molecule has 1 atom stereocenters. The first-order chi connectivity index (χ1) is 10.0. The molecule has 1 unspecified atom stereocenters. The number of benzene rings is 1. The lowest BCUT2D eigenvalue weighted by Gasteiger charge is -2.17. The maximum Gasteiger partial charge on any atom is 0.327 e. The average molecular weight is 302 g/mol. The van der Waals surface area contributed by atoms with E-state index in [-0.39, 0.29) is 25.3 Å². The van der Waals surface area contributed by atoms with E-state index in [9.17, 15) is 18.0 Å². The molecular weight excluding hydrogens is 289 g/mol. The molecule has 114 valence electrons. The highest BCUT2D eigenvalue weighted by molar-refractivity contribution is 5.77. The molecule has 0 fully saturated rings. The predicted molar refractivity (Wildman–Crippen MR) is 67.7 cm³/mol. The standard InChI is InChI=1S/C12H13F3N4O2/c1-2-21-12(20)11(17-3-4-18-19-16)7-5-8(13)10(15)9(14)6-7/h5-6,11,17H,2-4H2,1H3. The van der Waals surface area contributed by atoms with Crippen molar-refractivity contribution in [2.75, 3.05) is 19.7 Å². The van der Waals surface area contributed by atoms with Crippen molar-refractivity contribution in [1.82, 2.24) is 5.32 Å². The average Bonchev–Trinajstić information content (AvgIpc) is 2.44. The zero-order valence-corrected chi connectivity index (χ0v) is 11.1. The molecule has 1 rings (SSSR count). The van der Waals surface area contributed by atoms with Crippen LogP contribution in [0, 0.1) is 17.5 Å². The van der Waals surface area contributed by atoms with Crippen molar-refractivity contribution in [2.45, 2.75) is 13.0 Å². The van der Waals surface area contributed by atoms with Crippen molar-refractivity contribution in [2.24, 2.45) is 5.11 Å². The largest absolute Gasteiger partial charge is 0.465 e. The van der Waals surface area contributed by atoms with Crippen molar-refractivity contribution < 1.29 is 22.7 Å². The molecule has 0 aliphatic carbocycles. The second kappa shape index (κ2) is 8.13. The first kappa shape index (κ1) is 16.8. The van der Waals surface area contributed by atoms with E-state index in [0.29, 0.717) is 12.1 Å². The van der Waals surface area contributed by atoms with Gasteiger partial charge in [0.05, 0.1) is 6.61 Å². The Morgan fingerprint density at radius 3 is 2.57 bits per heavy atom. The Labute approximate surface area is 118 Å². The molecule has 0 radical (unpaired) electrons. The minimum absolute atomic E-state index is 0.0264. The SMILES string of the molecule is CCOC(=O)C(NCCN=[N+]=[N-])c1cc(F)c(F)c(F)c1. The third kappa shape index (κ3) is 4.66. The van der Waals surface area contributed by atoms with Gasteiger partial charge in [0.1, 0.15) is 6.04 Å². The number of halogens is 3. The maximum absolute atomic E-state index is 13.2. The van der Waals surface area contributed by atoms with Crippen LogP contribution in [-0.2, 0) is 9.53 Å². The van der Waals surface area contributed by atoms with E-state index in [1.54, 1.807) is 6.92 Å². The minimum atomic E-state index is -1.62. The van der Waals surface area contributed by atoms with E-state index in [1.165, 1.54) is 0 Å². The summed E-state index contributed by atoms with van der Waals surface area (Å²) < 4.78 is 44.2. The van der Waals surface area contributed by atoms with Gasteiger partial charge in [-0.3, -0.25) is 0 Å². The number of rotatable bonds is 7. The van der Waals surface area contributed by atoms with Gasteiger partial charge in [-0.05, 0) is 30.2 Å². The van der Waals surface area contributed by atoms with Gasteiger partial charge in [-0.15, -0.1) is 0 Å². The van der Waals surface area contributed by atoms with Crippen LogP contribution in [0.15, 0.2) is 17.2 Å². The van der Waals surface area contributed by atoms with E-state index in [0.717, 1.165) is 0 Å². The first-order valence-corrected chi connectivity index (χ1v) is 6.06. The van der Waals surface area contributed by atoms with Crippen LogP contribution in [-0.4, -0.2) is 25.7 Å². The molecule has 1 aromatic carbocycles. The van der Waals surface area contributed by atoms with Gasteiger partial charge in [0.25, 0.3) is 0 Å². The Bertz CT molecular complexity index is 538. The van der Waals surface area contributed by atoms with Crippen molar-refractivity contribution in [3.8, 4) is 0 Å². The lowest BCUT2D eigenvalue weighted by molar-refractivity contribution is -0.145. The van der Waals surface area contributed by atoms with Crippen molar-refractivity contribution in [3.05, 3.63) is 45.6 Å². The van der Waals surface area contributed by atoms with E-state index in [4.69, 9.17) is 10.3 Å². The van der Waals surface area contributed by atoms with E-state index < -0.39 is 29.5 Å². The summed E-state index contributed by atoms with van der Waals surface area (Å²) in [5.74, 6) is -5.20. The second-order valence-corrected chi connectivity index (χ2v) is 3.89. The third-order valence-corrected chi connectivity index (χ3v) is 2.49. The fraction of sp³-hybridized carbons (Fsp3) is 0.417. The number of hydrogen-bond acceptors (Lipinski definition) is 4. The summed E-state index contributed by atoms with van der Waals surface area (Å²) in [6, 6.07) is 0.227. The second-order valence-electron chi connectivity index (χ2n) is 3.89. The zero-order chi connectivity index (χ0) is 15.8. The van der Waals surface area contributed by atoms with E-state index >= 15 is 0 Å². The normalized spacial score (nSPS) is 11.6. The number of ether oxygens (including phenoxy) is 1. The third-order valence-electron chi connectivity index (χ3n) is 2.49.